The lowest BCUT2D eigenvalue weighted by Crippen LogP contribution is -2.12. The number of rotatable bonds is 19. The summed E-state index contributed by atoms with van der Waals surface area (Å²) in [4.78, 5) is 0. The van der Waals surface area contributed by atoms with Crippen molar-refractivity contribution in [2.24, 2.45) is 0 Å². The normalized spacial score (nSPS) is 11.1. The van der Waals surface area contributed by atoms with Crippen LogP contribution in [0.5, 0.6) is 0 Å². The summed E-state index contributed by atoms with van der Waals surface area (Å²) in [7, 11) is 0. The predicted molar refractivity (Wildman–Crippen MR) is 111 cm³/mol. The Balaban J connectivity index is 3.70. The molecule has 0 aromatic rings. The van der Waals surface area contributed by atoms with E-state index in [1.165, 1.54) is 83.5 Å². The van der Waals surface area contributed by atoms with Gasteiger partial charge in [0, 0.05) is 0 Å². The van der Waals surface area contributed by atoms with Gasteiger partial charge >= 0.3 is 0 Å². The SMILES string of the molecule is CCCCCCC[CH2][Al]([CH2]CCCCC)[CH2]CCCCCCC. The zero-order valence-corrected chi connectivity index (χ0v) is 18.2. The second kappa shape index (κ2) is 20.6. The van der Waals surface area contributed by atoms with Crippen LogP contribution in [0.3, 0.4) is 0 Å². The molecule has 0 amide bonds. The molecule has 0 saturated carbocycles. The smallest absolute Gasteiger partial charge is 0.0939 e. The maximum absolute atomic E-state index is 2.33. The van der Waals surface area contributed by atoms with Crippen molar-refractivity contribution in [2.75, 3.05) is 0 Å². The molecule has 0 aromatic carbocycles. The fraction of sp³-hybridized carbons (Fsp3) is 1.00. The van der Waals surface area contributed by atoms with Gasteiger partial charge < -0.3 is 0 Å². The van der Waals surface area contributed by atoms with E-state index in [-0.39, 0.29) is 0 Å². The Morgan fingerprint density at radius 2 is 0.609 bits per heavy atom. The average Bonchev–Trinajstić information content (AvgIpc) is 2.57. The predicted octanol–water partition coefficient (Wildman–Crippen LogP) is 8.78. The van der Waals surface area contributed by atoms with Gasteiger partial charge in [-0.3, -0.25) is 0 Å². The van der Waals surface area contributed by atoms with E-state index in [2.05, 4.69) is 20.8 Å². The zero-order chi connectivity index (χ0) is 17.0. The molecule has 0 rings (SSSR count). The second-order valence-electron chi connectivity index (χ2n) is 7.83. The Hall–Kier alpha value is 0.532. The molecule has 0 aliphatic rings. The Bertz CT molecular complexity index is 186. The van der Waals surface area contributed by atoms with Crippen LogP contribution in [0.2, 0.25) is 15.8 Å². The molecule has 0 bridgehead atoms. The Morgan fingerprint density at radius 3 is 0.957 bits per heavy atom. The molecule has 0 N–H and O–H groups in total. The van der Waals surface area contributed by atoms with Crippen molar-refractivity contribution in [3.05, 3.63) is 0 Å². The van der Waals surface area contributed by atoms with Gasteiger partial charge in [0.05, 0.1) is 0 Å². The standard InChI is InChI=1S/2C8H17.C6H13.Al/c2*1-3-5-7-8-6-4-2;1-3-5-6-4-2;/h2*1,3-8H2,2H3;1,3-6H2,2H3;. The van der Waals surface area contributed by atoms with E-state index in [1.54, 1.807) is 35.1 Å². The average molecular weight is 339 g/mol. The van der Waals surface area contributed by atoms with Crippen LogP contribution < -0.4 is 0 Å². The highest BCUT2D eigenvalue weighted by molar-refractivity contribution is 6.58. The summed E-state index contributed by atoms with van der Waals surface area (Å²) in [5.41, 5.74) is 0. The van der Waals surface area contributed by atoms with Crippen molar-refractivity contribution in [1.29, 1.82) is 0 Å². The van der Waals surface area contributed by atoms with Gasteiger partial charge in [0.1, 0.15) is 0 Å². The zero-order valence-electron chi connectivity index (χ0n) is 17.0. The van der Waals surface area contributed by atoms with Crippen LogP contribution in [0.15, 0.2) is 0 Å². The van der Waals surface area contributed by atoms with Gasteiger partial charge in [0.15, 0.2) is 0 Å². The monoisotopic (exact) mass is 338 g/mol. The molecule has 1 heteroatoms. The van der Waals surface area contributed by atoms with Gasteiger partial charge in [-0.1, -0.05) is 139 Å². The third-order valence-corrected chi connectivity index (χ3v) is 9.07. The minimum absolute atomic E-state index is 0.394. The molecule has 0 saturated heterocycles. The van der Waals surface area contributed by atoms with Gasteiger partial charge in [-0.15, -0.1) is 0 Å². The molecule has 0 aliphatic carbocycles. The van der Waals surface area contributed by atoms with Crippen LogP contribution in [-0.4, -0.2) is 14.1 Å². The molecule has 23 heavy (non-hydrogen) atoms. The van der Waals surface area contributed by atoms with Crippen LogP contribution in [0.1, 0.15) is 124 Å². The molecule has 0 heterocycles. The van der Waals surface area contributed by atoms with Crippen molar-refractivity contribution in [2.45, 2.75) is 139 Å². The van der Waals surface area contributed by atoms with Crippen molar-refractivity contribution >= 4 is 14.1 Å². The van der Waals surface area contributed by atoms with Crippen LogP contribution in [0, 0.1) is 0 Å². The first-order chi connectivity index (χ1) is 11.3. The number of unbranched alkanes of at least 4 members (excludes halogenated alkanes) is 13. The number of hydrogen-bond acceptors (Lipinski definition) is 0. The van der Waals surface area contributed by atoms with Gasteiger partial charge in [-0.05, 0) is 0 Å². The molecule has 0 spiro atoms. The second-order valence-corrected chi connectivity index (χ2v) is 11.3. The van der Waals surface area contributed by atoms with Gasteiger partial charge in [-0.25, -0.2) is 0 Å². The molecule has 138 valence electrons. The summed E-state index contributed by atoms with van der Waals surface area (Å²) in [6.07, 6.45) is 23.7. The third kappa shape index (κ3) is 18.7. The first-order valence-electron chi connectivity index (χ1n) is 11.3. The first-order valence-corrected chi connectivity index (χ1v) is 13.8. The minimum atomic E-state index is -0.394. The van der Waals surface area contributed by atoms with Crippen molar-refractivity contribution in [3.63, 3.8) is 0 Å². The van der Waals surface area contributed by atoms with Gasteiger partial charge in [-0.2, -0.15) is 0 Å². The van der Waals surface area contributed by atoms with E-state index < -0.39 is 14.1 Å². The highest BCUT2D eigenvalue weighted by Gasteiger charge is 2.15. The molecule has 0 aromatic heterocycles. The first kappa shape index (κ1) is 23.5. The summed E-state index contributed by atoms with van der Waals surface area (Å²) < 4.78 is 0. The molecular formula is C22H47Al. The highest BCUT2D eigenvalue weighted by atomic mass is 27.2. The molecule has 0 unspecified atom stereocenters. The Kier molecular flexibility index (Phi) is 21.1. The molecule has 0 nitrogen and oxygen atoms in total. The third-order valence-electron chi connectivity index (χ3n) is 5.40. The highest BCUT2D eigenvalue weighted by Crippen LogP contribution is 2.20. The molecule has 0 fully saturated rings. The van der Waals surface area contributed by atoms with E-state index in [0.717, 1.165) is 0 Å². The quantitative estimate of drug-likeness (QED) is 0.163. The van der Waals surface area contributed by atoms with E-state index in [9.17, 15) is 0 Å². The topological polar surface area (TPSA) is 0 Å². The van der Waals surface area contributed by atoms with E-state index in [0.29, 0.717) is 0 Å². The lowest BCUT2D eigenvalue weighted by atomic mass is 10.1. The van der Waals surface area contributed by atoms with Crippen molar-refractivity contribution in [3.8, 4) is 0 Å². The van der Waals surface area contributed by atoms with Crippen LogP contribution >= 0.6 is 0 Å². The fourth-order valence-electron chi connectivity index (χ4n) is 3.72. The van der Waals surface area contributed by atoms with Crippen LogP contribution in [0.4, 0.5) is 0 Å². The molecule has 0 atom stereocenters. The number of hydrogen-bond donors (Lipinski definition) is 0. The van der Waals surface area contributed by atoms with Crippen molar-refractivity contribution in [1.82, 2.24) is 0 Å². The Labute approximate surface area is 153 Å². The van der Waals surface area contributed by atoms with Gasteiger partial charge in [0.25, 0.3) is 14.1 Å². The fourth-order valence-corrected chi connectivity index (χ4v) is 7.18. The van der Waals surface area contributed by atoms with Crippen LogP contribution in [0.25, 0.3) is 0 Å². The molecule has 0 aliphatic heterocycles. The summed E-state index contributed by atoms with van der Waals surface area (Å²) in [5.74, 6) is 0. The minimum Gasteiger partial charge on any atom is -0.0939 e. The summed E-state index contributed by atoms with van der Waals surface area (Å²) in [6.45, 7) is 6.97. The summed E-state index contributed by atoms with van der Waals surface area (Å²) >= 11 is -0.394. The molecule has 0 radical (unpaired) electrons. The van der Waals surface area contributed by atoms with Gasteiger partial charge in [0.2, 0.25) is 0 Å². The summed E-state index contributed by atoms with van der Waals surface area (Å²) in [6, 6.07) is 0. The lowest BCUT2D eigenvalue weighted by molar-refractivity contribution is 0.615. The Morgan fingerprint density at radius 1 is 0.348 bits per heavy atom. The maximum Gasteiger partial charge on any atom is 0.261 e. The van der Waals surface area contributed by atoms with Crippen LogP contribution in [-0.2, 0) is 0 Å². The maximum atomic E-state index is 2.33. The van der Waals surface area contributed by atoms with E-state index >= 15 is 0 Å². The molecular weight excluding hydrogens is 291 g/mol. The van der Waals surface area contributed by atoms with Crippen molar-refractivity contribution < 1.29 is 0 Å². The largest absolute Gasteiger partial charge is 0.261 e. The lowest BCUT2D eigenvalue weighted by Gasteiger charge is -2.12. The summed E-state index contributed by atoms with van der Waals surface area (Å²) in [5, 5.41) is 4.98. The van der Waals surface area contributed by atoms with E-state index in [1.807, 2.05) is 0 Å². The van der Waals surface area contributed by atoms with E-state index in [4.69, 9.17) is 0 Å².